The summed E-state index contributed by atoms with van der Waals surface area (Å²) in [6.45, 7) is 10.3. The van der Waals surface area contributed by atoms with Crippen molar-refractivity contribution in [2.45, 2.75) is 71.2 Å². The van der Waals surface area contributed by atoms with E-state index in [-0.39, 0.29) is 28.9 Å². The zero-order chi connectivity index (χ0) is 22.3. The summed E-state index contributed by atoms with van der Waals surface area (Å²) in [7, 11) is 0. The topological polar surface area (TPSA) is 116 Å². The largest absolute Gasteiger partial charge is 0.508 e. The average molecular weight is 416 g/mol. The smallest absolute Gasteiger partial charge is 0.297 e. The van der Waals surface area contributed by atoms with Gasteiger partial charge in [0.1, 0.15) is 11.5 Å². The van der Waals surface area contributed by atoms with E-state index < -0.39 is 29.6 Å². The SMILES string of the molecule is CC1=C2[C@H](C)[C@@H](C)O[C@@]2(O)[C@]2(O)Oc3cc(O)c(C)c([C@H](C)[C@@H](C)O)c3C=C2C1=O. The van der Waals surface area contributed by atoms with E-state index in [0.717, 1.165) is 0 Å². The number of aromatic hydroxyl groups is 1. The van der Waals surface area contributed by atoms with Crippen molar-refractivity contribution in [2.24, 2.45) is 5.92 Å². The zero-order valence-corrected chi connectivity index (χ0v) is 18.0. The molecule has 4 rings (SSSR count). The van der Waals surface area contributed by atoms with E-state index in [1.54, 1.807) is 34.6 Å². The lowest BCUT2D eigenvalue weighted by molar-refractivity contribution is -0.320. The number of phenolic OH excluding ortho intramolecular Hbond substituents is 1. The molecule has 0 saturated carbocycles. The van der Waals surface area contributed by atoms with Crippen LogP contribution in [0.25, 0.3) is 6.08 Å². The van der Waals surface area contributed by atoms with Gasteiger partial charge in [-0.15, -0.1) is 0 Å². The first kappa shape index (κ1) is 21.1. The van der Waals surface area contributed by atoms with Gasteiger partial charge in [0.2, 0.25) is 0 Å². The number of rotatable bonds is 2. The highest BCUT2D eigenvalue weighted by molar-refractivity contribution is 6.14. The van der Waals surface area contributed by atoms with Crippen LogP contribution in [0.5, 0.6) is 11.5 Å². The number of allylic oxidation sites excluding steroid dienone is 1. The van der Waals surface area contributed by atoms with Gasteiger partial charge in [0.05, 0.1) is 17.8 Å². The van der Waals surface area contributed by atoms with Crippen molar-refractivity contribution >= 4 is 11.9 Å². The van der Waals surface area contributed by atoms with Crippen LogP contribution in [0.15, 0.2) is 22.8 Å². The van der Waals surface area contributed by atoms with Crippen LogP contribution in [-0.2, 0) is 9.53 Å². The van der Waals surface area contributed by atoms with Crippen molar-refractivity contribution in [3.63, 3.8) is 0 Å². The Bertz CT molecular complexity index is 1020. The molecule has 1 aromatic carbocycles. The van der Waals surface area contributed by atoms with Crippen LogP contribution < -0.4 is 4.74 Å². The molecule has 0 amide bonds. The summed E-state index contributed by atoms with van der Waals surface area (Å²) < 4.78 is 11.6. The number of aliphatic hydroxyl groups is 3. The lowest BCUT2D eigenvalue weighted by atomic mass is 9.72. The van der Waals surface area contributed by atoms with Crippen molar-refractivity contribution in [1.29, 1.82) is 0 Å². The second-order valence-corrected chi connectivity index (χ2v) is 8.80. The van der Waals surface area contributed by atoms with E-state index in [1.165, 1.54) is 12.1 Å². The number of aliphatic hydroxyl groups excluding tert-OH is 1. The highest BCUT2D eigenvalue weighted by Gasteiger charge is 2.69. The normalized spacial score (nSPS) is 34.6. The first-order chi connectivity index (χ1) is 13.8. The first-order valence-electron chi connectivity index (χ1n) is 10.2. The predicted molar refractivity (Wildman–Crippen MR) is 109 cm³/mol. The predicted octanol–water partition coefficient (Wildman–Crippen LogP) is 2.29. The van der Waals surface area contributed by atoms with Crippen molar-refractivity contribution < 1.29 is 34.7 Å². The molecule has 0 bridgehead atoms. The Morgan fingerprint density at radius 2 is 1.77 bits per heavy atom. The molecule has 1 saturated heterocycles. The number of benzene rings is 1. The highest BCUT2D eigenvalue weighted by Crippen LogP contribution is 2.56. The van der Waals surface area contributed by atoms with Crippen molar-refractivity contribution in [1.82, 2.24) is 0 Å². The molecule has 1 aromatic rings. The molecule has 1 aliphatic carbocycles. The Morgan fingerprint density at radius 1 is 1.13 bits per heavy atom. The van der Waals surface area contributed by atoms with Gasteiger partial charge in [-0.3, -0.25) is 4.79 Å². The summed E-state index contributed by atoms with van der Waals surface area (Å²) in [5, 5.41) is 43.6. The minimum Gasteiger partial charge on any atom is -0.508 e. The van der Waals surface area contributed by atoms with Gasteiger partial charge in [-0.2, -0.15) is 0 Å². The molecule has 1 fully saturated rings. The molecule has 30 heavy (non-hydrogen) atoms. The van der Waals surface area contributed by atoms with Gasteiger partial charge < -0.3 is 29.9 Å². The standard InChI is InChI=1S/C23H28O7/c1-9(13(5)24)19-11(3)17(25)8-18-15(19)7-16-21(26)12(4)20-10(2)14(6)29-23(20,28)22(16,27)30-18/h7-10,13-14,24-25,27-28H,1-6H3/t9-,10-,13-,14-,22-,23-/m1/s1. The number of hydrogen-bond donors (Lipinski definition) is 4. The highest BCUT2D eigenvalue weighted by atomic mass is 16.7. The molecular weight excluding hydrogens is 388 g/mol. The van der Waals surface area contributed by atoms with E-state index in [2.05, 4.69) is 0 Å². The molecule has 2 heterocycles. The second-order valence-electron chi connectivity index (χ2n) is 8.80. The zero-order valence-electron chi connectivity index (χ0n) is 18.0. The fourth-order valence-electron chi connectivity index (χ4n) is 4.93. The quantitative estimate of drug-likeness (QED) is 0.584. The Hall–Kier alpha value is -2.19. The molecule has 0 aromatic heterocycles. The van der Waals surface area contributed by atoms with Gasteiger partial charge in [0.25, 0.3) is 11.6 Å². The van der Waals surface area contributed by atoms with Crippen LogP contribution >= 0.6 is 0 Å². The number of fused-ring (bicyclic) bond motifs is 4. The third-order valence-electron chi connectivity index (χ3n) is 7.03. The number of ether oxygens (including phenoxy) is 2. The van der Waals surface area contributed by atoms with Gasteiger partial charge in [-0.1, -0.05) is 13.8 Å². The Morgan fingerprint density at radius 3 is 2.37 bits per heavy atom. The molecular formula is C23H28O7. The van der Waals surface area contributed by atoms with Crippen LogP contribution in [0.4, 0.5) is 0 Å². The number of phenols is 1. The third kappa shape index (κ3) is 2.43. The Kier molecular flexibility index (Phi) is 4.50. The number of hydrogen-bond acceptors (Lipinski definition) is 7. The summed E-state index contributed by atoms with van der Waals surface area (Å²) in [5.41, 5.74) is 2.11. The summed E-state index contributed by atoms with van der Waals surface area (Å²) in [4.78, 5) is 13.2. The van der Waals surface area contributed by atoms with Crippen LogP contribution in [0.2, 0.25) is 0 Å². The first-order valence-corrected chi connectivity index (χ1v) is 10.2. The van der Waals surface area contributed by atoms with Gasteiger partial charge in [0, 0.05) is 34.6 Å². The van der Waals surface area contributed by atoms with E-state index in [9.17, 15) is 25.2 Å². The summed E-state index contributed by atoms with van der Waals surface area (Å²) in [6.07, 6.45) is 0.309. The van der Waals surface area contributed by atoms with Gasteiger partial charge in [0.15, 0.2) is 5.78 Å². The summed E-state index contributed by atoms with van der Waals surface area (Å²) in [6, 6.07) is 1.34. The second kappa shape index (κ2) is 6.40. The molecule has 0 radical (unpaired) electrons. The fourth-order valence-corrected chi connectivity index (χ4v) is 4.93. The lowest BCUT2D eigenvalue weighted by Gasteiger charge is -2.47. The average Bonchev–Trinajstić information content (AvgIpc) is 2.90. The third-order valence-corrected chi connectivity index (χ3v) is 7.03. The van der Waals surface area contributed by atoms with E-state index in [4.69, 9.17) is 9.47 Å². The summed E-state index contributed by atoms with van der Waals surface area (Å²) >= 11 is 0. The van der Waals surface area contributed by atoms with Gasteiger partial charge in [-0.25, -0.2) is 0 Å². The van der Waals surface area contributed by atoms with Crippen LogP contribution in [-0.4, -0.2) is 50.0 Å². The Labute approximate surface area is 175 Å². The lowest BCUT2D eigenvalue weighted by Crippen LogP contribution is -2.64. The maximum Gasteiger partial charge on any atom is 0.297 e. The molecule has 7 nitrogen and oxygen atoms in total. The fraction of sp³-hybridized carbons (Fsp3) is 0.522. The minimum absolute atomic E-state index is 0.0770. The molecule has 4 N–H and O–H groups in total. The van der Waals surface area contributed by atoms with Gasteiger partial charge in [-0.05, 0) is 44.9 Å². The summed E-state index contributed by atoms with van der Waals surface area (Å²) in [5.74, 6) is -5.79. The van der Waals surface area contributed by atoms with Gasteiger partial charge >= 0.3 is 0 Å². The van der Waals surface area contributed by atoms with Crippen LogP contribution in [0, 0.1) is 12.8 Å². The molecule has 162 valence electrons. The van der Waals surface area contributed by atoms with Crippen LogP contribution in [0.3, 0.4) is 0 Å². The molecule has 0 unspecified atom stereocenters. The van der Waals surface area contributed by atoms with E-state index >= 15 is 0 Å². The molecule has 2 aliphatic heterocycles. The van der Waals surface area contributed by atoms with Crippen LogP contribution in [0.1, 0.15) is 57.2 Å². The maximum absolute atomic E-state index is 13.2. The molecule has 3 aliphatic rings. The maximum atomic E-state index is 13.2. The minimum atomic E-state index is -2.46. The van der Waals surface area contributed by atoms with E-state index in [1.807, 2.05) is 6.92 Å². The van der Waals surface area contributed by atoms with Crippen molar-refractivity contribution in [3.8, 4) is 11.5 Å². The van der Waals surface area contributed by atoms with E-state index in [0.29, 0.717) is 27.8 Å². The number of Topliss-reactive ketones (excluding diaryl/α,β-unsaturated/α-hetero) is 1. The molecule has 7 heteroatoms. The number of ketones is 1. The number of carbonyl (C=O) groups excluding carboxylic acids is 1. The monoisotopic (exact) mass is 416 g/mol. The van der Waals surface area contributed by atoms with Crippen molar-refractivity contribution in [3.05, 3.63) is 39.5 Å². The Balaban J connectivity index is 2.01. The van der Waals surface area contributed by atoms with Crippen molar-refractivity contribution in [2.75, 3.05) is 0 Å². The molecule has 0 spiro atoms. The molecule has 6 atom stereocenters. The number of carbonyl (C=O) groups is 1.